The van der Waals surface area contributed by atoms with Crippen LogP contribution in [0.15, 0.2) is 42.5 Å². The summed E-state index contributed by atoms with van der Waals surface area (Å²) < 4.78 is 32.9. The summed E-state index contributed by atoms with van der Waals surface area (Å²) in [6.07, 6.45) is 8.83. The fourth-order valence-electron chi connectivity index (χ4n) is 3.99. The summed E-state index contributed by atoms with van der Waals surface area (Å²) in [4.78, 5) is 0. The Morgan fingerprint density at radius 2 is 0.946 bits per heavy atom. The highest BCUT2D eigenvalue weighted by Gasteiger charge is 2.12. The summed E-state index contributed by atoms with van der Waals surface area (Å²) >= 11 is 0. The molecule has 7 nitrogen and oxygen atoms in total. The van der Waals surface area contributed by atoms with Crippen molar-refractivity contribution in [1.82, 2.24) is 0 Å². The van der Waals surface area contributed by atoms with Crippen LogP contribution >= 0.6 is 0 Å². The van der Waals surface area contributed by atoms with Gasteiger partial charge in [0.25, 0.3) is 0 Å². The highest BCUT2D eigenvalue weighted by atomic mass is 16.5. The second-order valence-corrected chi connectivity index (χ2v) is 8.06. The van der Waals surface area contributed by atoms with Crippen molar-refractivity contribution in [3.05, 3.63) is 70.3 Å². The Bertz CT molecular complexity index is 1270. The average molecular weight is 506 g/mol. The van der Waals surface area contributed by atoms with Gasteiger partial charge in [0.05, 0.1) is 42.7 Å². The first-order valence-corrected chi connectivity index (χ1v) is 11.8. The molecule has 3 aromatic carbocycles. The smallest absolute Gasteiger partial charge is 0.161 e. The van der Waals surface area contributed by atoms with Gasteiger partial charge in [0.2, 0.25) is 0 Å². The molecular formula is C30H35NO6. The number of rotatable bonds is 12. The molecule has 0 aliphatic carbocycles. The minimum absolute atomic E-state index is 0.520. The van der Waals surface area contributed by atoms with Crippen LogP contribution in [0.4, 0.5) is 0 Å². The third kappa shape index (κ3) is 6.57. The van der Waals surface area contributed by atoms with Crippen LogP contribution in [0.2, 0.25) is 0 Å². The monoisotopic (exact) mass is 505 g/mol. The lowest BCUT2D eigenvalue weighted by atomic mass is 9.99. The second kappa shape index (κ2) is 13.3. The lowest BCUT2D eigenvalue weighted by Gasteiger charge is -2.14. The molecule has 2 N–H and O–H groups in total. The van der Waals surface area contributed by atoms with E-state index < -0.39 is 0 Å². The van der Waals surface area contributed by atoms with Crippen molar-refractivity contribution in [3.8, 4) is 34.5 Å². The molecule has 0 atom stereocenters. The first-order valence-electron chi connectivity index (χ1n) is 11.8. The zero-order valence-electron chi connectivity index (χ0n) is 22.3. The van der Waals surface area contributed by atoms with Crippen molar-refractivity contribution >= 4 is 24.3 Å². The van der Waals surface area contributed by atoms with Crippen LogP contribution in [0.5, 0.6) is 34.5 Å². The molecule has 0 unspecified atom stereocenters. The molecule has 7 heteroatoms. The summed E-state index contributed by atoms with van der Waals surface area (Å²) in [7, 11) is 9.73. The standard InChI is InChI=1S/C30H35NO6/c1-32-25-12-8-20(15-26(25)33-2)7-9-21-16-27(34-3)28(35-4)17-22(21)10-11-23-18-29(36-5)30(37-6)19-24(23)13-14-31/h7-12,15-19H,13-14,31H2,1-6H3/b9-7+,11-10+. The molecule has 0 fully saturated rings. The van der Waals surface area contributed by atoms with Crippen molar-refractivity contribution in [3.63, 3.8) is 0 Å². The molecule has 3 rings (SSSR count). The molecule has 3 aromatic rings. The van der Waals surface area contributed by atoms with Crippen LogP contribution in [0, 0.1) is 0 Å². The Morgan fingerprint density at radius 1 is 0.514 bits per heavy atom. The highest BCUT2D eigenvalue weighted by molar-refractivity contribution is 5.82. The van der Waals surface area contributed by atoms with Gasteiger partial charge in [-0.05, 0) is 77.2 Å². The van der Waals surface area contributed by atoms with Gasteiger partial charge >= 0.3 is 0 Å². The van der Waals surface area contributed by atoms with Crippen molar-refractivity contribution < 1.29 is 28.4 Å². The van der Waals surface area contributed by atoms with Crippen molar-refractivity contribution in [2.75, 3.05) is 49.2 Å². The van der Waals surface area contributed by atoms with Gasteiger partial charge in [-0.25, -0.2) is 0 Å². The van der Waals surface area contributed by atoms with Gasteiger partial charge in [0.15, 0.2) is 34.5 Å². The SMILES string of the molecule is COc1ccc(/C=C/c2cc(OC)c(OC)cc2/C=C/c2cc(OC)c(OC)cc2CCN)cc1OC. The number of nitrogens with two attached hydrogens (primary N) is 1. The lowest BCUT2D eigenvalue weighted by molar-refractivity contribution is 0.354. The molecule has 0 aromatic heterocycles. The zero-order chi connectivity index (χ0) is 26.8. The summed E-state index contributed by atoms with van der Waals surface area (Å²) in [6.45, 7) is 0.520. The van der Waals surface area contributed by atoms with E-state index >= 15 is 0 Å². The topological polar surface area (TPSA) is 81.4 Å². The minimum Gasteiger partial charge on any atom is -0.493 e. The van der Waals surface area contributed by atoms with Crippen LogP contribution in [0.3, 0.4) is 0 Å². The van der Waals surface area contributed by atoms with Crippen molar-refractivity contribution in [2.45, 2.75) is 6.42 Å². The van der Waals surface area contributed by atoms with Gasteiger partial charge in [-0.15, -0.1) is 0 Å². The maximum Gasteiger partial charge on any atom is 0.161 e. The fraction of sp³-hybridized carbons (Fsp3) is 0.267. The Balaban J connectivity index is 2.07. The molecular weight excluding hydrogens is 470 g/mol. The van der Waals surface area contributed by atoms with E-state index in [0.717, 1.165) is 27.8 Å². The average Bonchev–Trinajstić information content (AvgIpc) is 2.94. The molecule has 196 valence electrons. The molecule has 0 spiro atoms. The Hall–Kier alpha value is -4.10. The van der Waals surface area contributed by atoms with Gasteiger partial charge < -0.3 is 34.2 Å². The molecule has 0 saturated carbocycles. The van der Waals surface area contributed by atoms with Crippen LogP contribution in [-0.2, 0) is 6.42 Å². The summed E-state index contributed by atoms with van der Waals surface area (Å²) in [5, 5.41) is 0. The fourth-order valence-corrected chi connectivity index (χ4v) is 3.99. The van der Waals surface area contributed by atoms with Gasteiger partial charge in [-0.2, -0.15) is 0 Å². The third-order valence-electron chi connectivity index (χ3n) is 5.95. The molecule has 0 saturated heterocycles. The van der Waals surface area contributed by atoms with E-state index in [1.54, 1.807) is 42.7 Å². The van der Waals surface area contributed by atoms with Crippen LogP contribution in [-0.4, -0.2) is 49.2 Å². The van der Waals surface area contributed by atoms with Gasteiger partial charge in [0, 0.05) is 0 Å². The minimum atomic E-state index is 0.520. The van der Waals surface area contributed by atoms with E-state index in [0.29, 0.717) is 47.5 Å². The summed E-state index contributed by atoms with van der Waals surface area (Å²) in [5.41, 5.74) is 10.8. The van der Waals surface area contributed by atoms with Crippen LogP contribution < -0.4 is 34.2 Å². The molecule has 0 heterocycles. The van der Waals surface area contributed by atoms with E-state index in [1.807, 2.05) is 66.8 Å². The maximum absolute atomic E-state index is 5.87. The van der Waals surface area contributed by atoms with Gasteiger partial charge in [-0.1, -0.05) is 30.4 Å². The number of ether oxygens (including phenoxy) is 6. The van der Waals surface area contributed by atoms with E-state index in [4.69, 9.17) is 34.2 Å². The molecule has 0 radical (unpaired) electrons. The predicted octanol–water partition coefficient (Wildman–Crippen LogP) is 5.58. The summed E-state index contributed by atoms with van der Waals surface area (Å²) in [6, 6.07) is 13.6. The van der Waals surface area contributed by atoms with Crippen molar-refractivity contribution in [1.29, 1.82) is 0 Å². The second-order valence-electron chi connectivity index (χ2n) is 8.06. The third-order valence-corrected chi connectivity index (χ3v) is 5.95. The van der Waals surface area contributed by atoms with Gasteiger partial charge in [-0.3, -0.25) is 0 Å². The van der Waals surface area contributed by atoms with E-state index in [9.17, 15) is 0 Å². The first-order chi connectivity index (χ1) is 18.0. The molecule has 0 aliphatic rings. The highest BCUT2D eigenvalue weighted by Crippen LogP contribution is 2.35. The van der Waals surface area contributed by atoms with Crippen LogP contribution in [0.1, 0.15) is 27.8 Å². The number of hydrogen-bond acceptors (Lipinski definition) is 7. The first kappa shape index (κ1) is 27.5. The van der Waals surface area contributed by atoms with E-state index in [1.165, 1.54) is 0 Å². The normalized spacial score (nSPS) is 11.1. The summed E-state index contributed by atoms with van der Waals surface area (Å²) in [5.74, 6) is 3.95. The Labute approximate surface area is 219 Å². The lowest BCUT2D eigenvalue weighted by Crippen LogP contribution is -2.05. The maximum atomic E-state index is 5.87. The van der Waals surface area contributed by atoms with Crippen LogP contribution in [0.25, 0.3) is 24.3 Å². The quantitative estimate of drug-likeness (QED) is 0.322. The number of hydrogen-bond donors (Lipinski definition) is 1. The number of methoxy groups -OCH3 is 6. The Morgan fingerprint density at radius 3 is 1.46 bits per heavy atom. The zero-order valence-corrected chi connectivity index (χ0v) is 22.3. The number of benzene rings is 3. The predicted molar refractivity (Wildman–Crippen MR) is 149 cm³/mol. The van der Waals surface area contributed by atoms with Crippen molar-refractivity contribution in [2.24, 2.45) is 5.73 Å². The van der Waals surface area contributed by atoms with Gasteiger partial charge in [0.1, 0.15) is 0 Å². The van der Waals surface area contributed by atoms with E-state index in [-0.39, 0.29) is 0 Å². The molecule has 0 amide bonds. The Kier molecular flexibility index (Phi) is 9.86. The largest absolute Gasteiger partial charge is 0.493 e. The molecule has 0 aliphatic heterocycles. The molecule has 37 heavy (non-hydrogen) atoms. The molecule has 0 bridgehead atoms. The van der Waals surface area contributed by atoms with E-state index in [2.05, 4.69) is 0 Å².